The zero-order valence-electron chi connectivity index (χ0n) is 6.14. The first kappa shape index (κ1) is 10.6. The minimum atomic E-state index is -2.15. The molecule has 0 fully saturated rings. The summed E-state index contributed by atoms with van der Waals surface area (Å²) in [6.07, 6.45) is -2.14. The lowest BCUT2D eigenvalue weighted by Gasteiger charge is -2.07. The van der Waals surface area contributed by atoms with Gasteiger partial charge in [0, 0.05) is 17.4 Å². The molecule has 0 amide bonds. The average molecular weight is 186 g/mol. The fraction of sp³-hybridized carbons (Fsp3) is 1.00. The Bertz CT molecular complexity index is 78.1. The fourth-order valence-electron chi connectivity index (χ4n) is 0.474. The Balaban J connectivity index is 3.16. The Hall–Kier alpha value is 0.560. The molecule has 0 saturated carbocycles. The maximum atomic E-state index is 11.7. The quantitative estimate of drug-likeness (QED) is 0.603. The van der Waals surface area contributed by atoms with E-state index in [4.69, 9.17) is 0 Å². The van der Waals surface area contributed by atoms with Crippen molar-refractivity contribution in [1.29, 1.82) is 0 Å². The van der Waals surface area contributed by atoms with E-state index >= 15 is 0 Å². The van der Waals surface area contributed by atoms with Gasteiger partial charge in [0.05, 0.1) is 0 Å². The summed E-state index contributed by atoms with van der Waals surface area (Å²) < 4.78 is 23.4. The van der Waals surface area contributed by atoms with Gasteiger partial charge in [0.25, 0.3) is 0 Å². The predicted molar refractivity (Wildman–Crippen MR) is 45.8 cm³/mol. The van der Waals surface area contributed by atoms with Gasteiger partial charge in [0.15, 0.2) is 0 Å². The molecule has 0 aromatic heterocycles. The molecule has 0 aromatic rings. The number of alkyl halides is 2. The summed E-state index contributed by atoms with van der Waals surface area (Å²) in [7, 11) is 3.18. The number of hydrogen-bond acceptors (Lipinski definition) is 2. The van der Waals surface area contributed by atoms with Crippen LogP contribution in [-0.2, 0) is 0 Å². The first-order valence-corrected chi connectivity index (χ1v) is 5.61. The molecule has 0 aliphatic heterocycles. The molecule has 0 aromatic carbocycles. The lowest BCUT2D eigenvalue weighted by atomic mass is 10.3. The van der Waals surface area contributed by atoms with Crippen LogP contribution in [0.15, 0.2) is 0 Å². The van der Waals surface area contributed by atoms with Crippen LogP contribution in [0.3, 0.4) is 0 Å². The van der Waals surface area contributed by atoms with Gasteiger partial charge in [-0.3, -0.25) is 0 Å². The van der Waals surface area contributed by atoms with Crippen molar-refractivity contribution in [3.63, 3.8) is 0 Å². The van der Waals surface area contributed by atoms with Crippen LogP contribution in [-0.4, -0.2) is 17.4 Å². The van der Waals surface area contributed by atoms with E-state index in [9.17, 15) is 8.78 Å². The first-order chi connectivity index (χ1) is 4.66. The summed E-state index contributed by atoms with van der Waals surface area (Å²) in [6, 6.07) is 0. The topological polar surface area (TPSA) is 0 Å². The van der Waals surface area contributed by atoms with Gasteiger partial charge in [0.1, 0.15) is 0 Å². The van der Waals surface area contributed by atoms with E-state index in [2.05, 4.69) is 0 Å². The lowest BCUT2D eigenvalue weighted by molar-refractivity contribution is 0.138. The summed E-state index contributed by atoms with van der Waals surface area (Å²) in [5.74, 6) is 0.984. The van der Waals surface area contributed by atoms with Gasteiger partial charge in [-0.25, -0.2) is 8.78 Å². The fourth-order valence-corrected chi connectivity index (χ4v) is 2.41. The normalized spacial score (nSPS) is 14.1. The maximum absolute atomic E-state index is 11.7. The summed E-state index contributed by atoms with van der Waals surface area (Å²) >= 11 is 0. The van der Waals surface area contributed by atoms with Crippen molar-refractivity contribution < 1.29 is 8.78 Å². The molecule has 0 spiro atoms. The van der Waals surface area contributed by atoms with Gasteiger partial charge in [-0.2, -0.15) is 0 Å². The van der Waals surface area contributed by atoms with Crippen LogP contribution in [0.4, 0.5) is 8.78 Å². The van der Waals surface area contributed by atoms with E-state index in [1.807, 2.05) is 13.8 Å². The summed E-state index contributed by atoms with van der Waals surface area (Å²) in [4.78, 5) is 0. The van der Waals surface area contributed by atoms with Crippen LogP contribution in [0.25, 0.3) is 0 Å². The minimum absolute atomic E-state index is 0.0116. The lowest BCUT2D eigenvalue weighted by Crippen LogP contribution is -2.01. The molecular formula is C6H12F2S2. The molecule has 0 aliphatic rings. The van der Waals surface area contributed by atoms with E-state index < -0.39 is 6.43 Å². The molecule has 0 nitrogen and oxygen atoms in total. The second kappa shape index (κ2) is 6.28. The van der Waals surface area contributed by atoms with Gasteiger partial charge in [-0.05, 0) is 0 Å². The molecule has 0 bridgehead atoms. The summed E-state index contributed by atoms with van der Waals surface area (Å²) in [5.41, 5.74) is 0. The average Bonchev–Trinajstić information content (AvgIpc) is 1.82. The standard InChI is InChI=1S/C6H12F2S2/c1-3-9-10-5(2)4-6(7)8/h5-6H,3-4H2,1-2H3. The van der Waals surface area contributed by atoms with Crippen LogP contribution in [0.2, 0.25) is 0 Å². The van der Waals surface area contributed by atoms with E-state index in [0.29, 0.717) is 0 Å². The predicted octanol–water partition coefficient (Wildman–Crippen LogP) is 3.43. The van der Waals surface area contributed by atoms with Crippen molar-refractivity contribution >= 4 is 21.6 Å². The Labute approximate surface area is 68.5 Å². The second-order valence-electron chi connectivity index (χ2n) is 1.94. The van der Waals surface area contributed by atoms with Crippen molar-refractivity contribution in [3.8, 4) is 0 Å². The van der Waals surface area contributed by atoms with E-state index in [1.165, 1.54) is 0 Å². The number of rotatable bonds is 5. The molecule has 0 aliphatic carbocycles. The monoisotopic (exact) mass is 186 g/mol. The zero-order chi connectivity index (χ0) is 7.98. The van der Waals surface area contributed by atoms with Gasteiger partial charge < -0.3 is 0 Å². The Morgan fingerprint density at radius 2 is 2.00 bits per heavy atom. The molecule has 0 heterocycles. The van der Waals surface area contributed by atoms with Crippen molar-refractivity contribution in [2.24, 2.45) is 0 Å². The van der Waals surface area contributed by atoms with E-state index in [1.54, 1.807) is 21.6 Å². The third-order valence-corrected chi connectivity index (χ3v) is 3.85. The molecule has 10 heavy (non-hydrogen) atoms. The SMILES string of the molecule is CCSSC(C)CC(F)F. The van der Waals surface area contributed by atoms with E-state index in [0.717, 1.165) is 5.75 Å². The van der Waals surface area contributed by atoms with E-state index in [-0.39, 0.29) is 11.7 Å². The molecule has 4 heteroatoms. The van der Waals surface area contributed by atoms with Crippen LogP contribution >= 0.6 is 21.6 Å². The summed E-state index contributed by atoms with van der Waals surface area (Å²) in [6.45, 7) is 3.85. The van der Waals surface area contributed by atoms with Gasteiger partial charge in [-0.15, -0.1) is 0 Å². The molecule has 0 rings (SSSR count). The third-order valence-electron chi connectivity index (χ3n) is 0.860. The smallest absolute Gasteiger partial charge is 0.210 e. The number of halogens is 2. The minimum Gasteiger partial charge on any atom is -0.210 e. The van der Waals surface area contributed by atoms with Gasteiger partial charge in [0.2, 0.25) is 6.43 Å². The molecular weight excluding hydrogens is 174 g/mol. The van der Waals surface area contributed by atoms with Crippen LogP contribution in [0.5, 0.6) is 0 Å². The van der Waals surface area contributed by atoms with Crippen LogP contribution in [0.1, 0.15) is 20.3 Å². The highest BCUT2D eigenvalue weighted by Crippen LogP contribution is 2.29. The highest BCUT2D eigenvalue weighted by molar-refractivity contribution is 8.76. The highest BCUT2D eigenvalue weighted by Gasteiger charge is 2.09. The number of hydrogen-bond donors (Lipinski definition) is 0. The molecule has 62 valence electrons. The Morgan fingerprint density at radius 3 is 2.40 bits per heavy atom. The highest BCUT2D eigenvalue weighted by atomic mass is 33.1. The van der Waals surface area contributed by atoms with Gasteiger partial charge in [-0.1, -0.05) is 35.4 Å². The third kappa shape index (κ3) is 6.68. The van der Waals surface area contributed by atoms with Crippen molar-refractivity contribution in [1.82, 2.24) is 0 Å². The van der Waals surface area contributed by atoms with Crippen molar-refractivity contribution in [2.45, 2.75) is 31.9 Å². The van der Waals surface area contributed by atoms with Gasteiger partial charge >= 0.3 is 0 Å². The Kier molecular flexibility index (Phi) is 6.63. The van der Waals surface area contributed by atoms with Crippen molar-refractivity contribution in [2.75, 3.05) is 5.75 Å². The molecule has 0 saturated heterocycles. The van der Waals surface area contributed by atoms with Crippen LogP contribution < -0.4 is 0 Å². The molecule has 1 atom stereocenters. The van der Waals surface area contributed by atoms with Crippen LogP contribution in [0, 0.1) is 0 Å². The molecule has 0 radical (unpaired) electrons. The zero-order valence-corrected chi connectivity index (χ0v) is 7.77. The Morgan fingerprint density at radius 1 is 1.40 bits per heavy atom. The largest absolute Gasteiger partial charge is 0.239 e. The summed E-state index contributed by atoms with van der Waals surface area (Å²) in [5, 5.41) is 0.0740. The maximum Gasteiger partial charge on any atom is 0.239 e. The van der Waals surface area contributed by atoms with Crippen molar-refractivity contribution in [3.05, 3.63) is 0 Å². The molecule has 0 N–H and O–H groups in total. The molecule has 1 unspecified atom stereocenters. The second-order valence-corrected chi connectivity index (χ2v) is 5.03. The first-order valence-electron chi connectivity index (χ1n) is 3.23.